The Hall–Kier alpha value is -2.56. The molecule has 0 aromatic heterocycles. The van der Waals surface area contributed by atoms with Gasteiger partial charge in [0.1, 0.15) is 12.2 Å². The van der Waals surface area contributed by atoms with Crippen LogP contribution in [-0.4, -0.2) is 62.2 Å². The maximum atomic E-state index is 13.1. The van der Waals surface area contributed by atoms with E-state index in [4.69, 9.17) is 18.6 Å². The third-order valence-electron chi connectivity index (χ3n) is 9.45. The zero-order chi connectivity index (χ0) is 31.5. The second kappa shape index (κ2) is 13.6. The third-order valence-corrected chi connectivity index (χ3v) is 14.4. The summed E-state index contributed by atoms with van der Waals surface area (Å²) in [6, 6.07) is 19.6. The smallest absolute Gasteiger partial charge is 0.264 e. The molecule has 2 aliphatic rings. The molecule has 0 aliphatic carbocycles. The van der Waals surface area contributed by atoms with E-state index in [1.54, 1.807) is 0 Å². The minimum atomic E-state index is -3.11. The monoisotopic (exact) mass is 609 g/mol. The van der Waals surface area contributed by atoms with Crippen molar-refractivity contribution >= 4 is 24.5 Å². The summed E-state index contributed by atoms with van der Waals surface area (Å²) in [7, 11) is -3.11. The first-order valence-corrected chi connectivity index (χ1v) is 17.3. The summed E-state index contributed by atoms with van der Waals surface area (Å²) in [5.74, 6) is -0.662. The molecule has 2 fully saturated rings. The predicted molar refractivity (Wildman–Crippen MR) is 168 cm³/mol. The van der Waals surface area contributed by atoms with E-state index >= 15 is 0 Å². The Kier molecular flexibility index (Phi) is 10.5. The Morgan fingerprint density at radius 2 is 1.51 bits per heavy atom. The number of nitrogens with zero attached hydrogens (tertiary/aromatic N) is 3. The third kappa shape index (κ3) is 6.47. The quantitative estimate of drug-likeness (QED) is 0.177. The van der Waals surface area contributed by atoms with Crippen LogP contribution in [0.4, 0.5) is 0 Å². The van der Waals surface area contributed by atoms with E-state index in [1.165, 1.54) is 6.92 Å². The standard InChI is InChI=1S/C33H47N3O6Si/c1-9-26-20(2)21(3)27(35-36-34)31(39-26)40-29-22(4)28(38)32(41-30(29)23(5)37)42-43(33(6,7)8,24-16-12-10-13-17-24)25-18-14-11-15-19-25/h10-22,26-32,38H,9H2,1-8H3/t20-,21+,22-,26+,27?,28?,29-,30+,31+,32+/m1/s1. The molecule has 0 amide bonds. The topological polar surface area (TPSA) is 123 Å². The molecule has 9 nitrogen and oxygen atoms in total. The fourth-order valence-corrected chi connectivity index (χ4v) is 11.3. The van der Waals surface area contributed by atoms with E-state index in [0.29, 0.717) is 0 Å². The number of ether oxygens (including phenoxy) is 3. The molecular weight excluding hydrogens is 562 g/mol. The maximum absolute atomic E-state index is 13.1. The van der Waals surface area contributed by atoms with Gasteiger partial charge >= 0.3 is 0 Å². The minimum Gasteiger partial charge on any atom is -0.387 e. The van der Waals surface area contributed by atoms with Gasteiger partial charge in [-0.25, -0.2) is 0 Å². The first-order valence-electron chi connectivity index (χ1n) is 15.3. The number of rotatable bonds is 9. The molecule has 2 heterocycles. The van der Waals surface area contributed by atoms with Gasteiger partial charge in [-0.2, -0.15) is 0 Å². The summed E-state index contributed by atoms with van der Waals surface area (Å²) >= 11 is 0. The molecular formula is C33H47N3O6Si. The lowest BCUT2D eigenvalue weighted by atomic mass is 9.81. The number of hydrogen-bond acceptors (Lipinski definition) is 7. The van der Waals surface area contributed by atoms with Crippen molar-refractivity contribution < 1.29 is 28.5 Å². The van der Waals surface area contributed by atoms with E-state index in [9.17, 15) is 15.4 Å². The highest BCUT2D eigenvalue weighted by Gasteiger charge is 2.56. The van der Waals surface area contributed by atoms with Crippen molar-refractivity contribution in [1.29, 1.82) is 0 Å². The van der Waals surface area contributed by atoms with Crippen molar-refractivity contribution in [2.75, 3.05) is 0 Å². The van der Waals surface area contributed by atoms with E-state index in [1.807, 2.05) is 57.2 Å². The molecule has 43 heavy (non-hydrogen) atoms. The Labute approximate surface area is 256 Å². The van der Waals surface area contributed by atoms with E-state index in [2.05, 4.69) is 62.0 Å². The maximum Gasteiger partial charge on any atom is 0.264 e. The van der Waals surface area contributed by atoms with Crippen LogP contribution in [0, 0.1) is 17.8 Å². The Bertz CT molecular complexity index is 1230. The average Bonchev–Trinajstić information content (AvgIpc) is 2.98. The van der Waals surface area contributed by atoms with E-state index in [-0.39, 0.29) is 28.8 Å². The molecule has 10 heteroatoms. The summed E-state index contributed by atoms with van der Waals surface area (Å²) in [5, 5.41) is 17.5. The lowest BCUT2D eigenvalue weighted by Gasteiger charge is -2.50. The second-order valence-corrected chi connectivity index (χ2v) is 17.4. The molecule has 2 aromatic carbocycles. The van der Waals surface area contributed by atoms with Gasteiger partial charge in [-0.3, -0.25) is 4.79 Å². The zero-order valence-corrected chi connectivity index (χ0v) is 27.6. The number of azide groups is 1. The highest BCUT2D eigenvalue weighted by atomic mass is 28.4. The van der Waals surface area contributed by atoms with Crippen LogP contribution in [0.15, 0.2) is 65.8 Å². The number of ketones is 1. The first kappa shape index (κ1) is 33.3. The number of carbonyl (C=O) groups is 1. The van der Waals surface area contributed by atoms with Crippen LogP contribution in [0.2, 0.25) is 5.04 Å². The predicted octanol–water partition coefficient (Wildman–Crippen LogP) is 5.35. The number of hydrogen-bond donors (Lipinski definition) is 1. The molecule has 4 rings (SSSR count). The number of aliphatic hydroxyl groups excluding tert-OH is 1. The largest absolute Gasteiger partial charge is 0.387 e. The fraction of sp³-hybridized carbons (Fsp3) is 0.606. The summed E-state index contributed by atoms with van der Waals surface area (Å²) < 4.78 is 26.3. The number of Topliss-reactive ketones (excluding diaryl/α,β-unsaturated/α-hetero) is 1. The van der Waals surface area contributed by atoms with Gasteiger partial charge in [-0.1, -0.05) is 114 Å². The van der Waals surface area contributed by atoms with E-state index < -0.39 is 51.2 Å². The molecule has 0 bridgehead atoms. The highest BCUT2D eigenvalue weighted by molar-refractivity contribution is 6.99. The molecule has 234 valence electrons. The van der Waals surface area contributed by atoms with Gasteiger partial charge in [0.15, 0.2) is 18.4 Å². The lowest BCUT2D eigenvalue weighted by Crippen LogP contribution is -2.70. The molecule has 0 spiro atoms. The van der Waals surface area contributed by atoms with Crippen molar-refractivity contribution in [3.8, 4) is 0 Å². The van der Waals surface area contributed by atoms with Crippen molar-refractivity contribution in [2.45, 2.75) is 110 Å². The van der Waals surface area contributed by atoms with Gasteiger partial charge in [-0.05, 0) is 46.1 Å². The van der Waals surface area contributed by atoms with Gasteiger partial charge in [-0.15, -0.1) is 0 Å². The molecule has 2 aromatic rings. The van der Waals surface area contributed by atoms with Gasteiger partial charge in [0.25, 0.3) is 8.32 Å². The Morgan fingerprint density at radius 3 is 1.98 bits per heavy atom. The van der Waals surface area contributed by atoms with Crippen molar-refractivity contribution in [2.24, 2.45) is 22.9 Å². The van der Waals surface area contributed by atoms with Crippen molar-refractivity contribution in [3.63, 3.8) is 0 Å². The van der Waals surface area contributed by atoms with Crippen LogP contribution in [-0.2, 0) is 23.4 Å². The molecule has 0 radical (unpaired) electrons. The van der Waals surface area contributed by atoms with Crippen LogP contribution in [0.1, 0.15) is 61.8 Å². The van der Waals surface area contributed by atoms with Gasteiger partial charge in [0.05, 0.1) is 18.2 Å². The van der Waals surface area contributed by atoms with Crippen molar-refractivity contribution in [1.82, 2.24) is 0 Å². The second-order valence-electron chi connectivity index (χ2n) is 13.1. The van der Waals surface area contributed by atoms with E-state index in [0.717, 1.165) is 16.8 Å². The molecule has 0 saturated carbocycles. The minimum absolute atomic E-state index is 0.00801. The van der Waals surface area contributed by atoms with Gasteiger partial charge in [0, 0.05) is 10.8 Å². The lowest BCUT2D eigenvalue weighted by molar-refractivity contribution is -0.309. The van der Waals surface area contributed by atoms with Crippen LogP contribution >= 0.6 is 0 Å². The average molecular weight is 610 g/mol. The van der Waals surface area contributed by atoms with Crippen LogP contribution in [0.5, 0.6) is 0 Å². The normalized spacial score (nSPS) is 33.4. The molecule has 2 unspecified atom stereocenters. The molecule has 2 aliphatic heterocycles. The summed E-state index contributed by atoms with van der Waals surface area (Å²) in [6.45, 7) is 15.9. The van der Waals surface area contributed by atoms with Crippen LogP contribution in [0.25, 0.3) is 10.4 Å². The van der Waals surface area contributed by atoms with Crippen molar-refractivity contribution in [3.05, 3.63) is 71.1 Å². The summed E-state index contributed by atoms with van der Waals surface area (Å²) in [4.78, 5) is 16.2. The Balaban J connectivity index is 1.71. The number of aliphatic hydroxyl groups is 1. The van der Waals surface area contributed by atoms with Gasteiger partial charge in [0.2, 0.25) is 0 Å². The van der Waals surface area contributed by atoms with Crippen LogP contribution < -0.4 is 10.4 Å². The SMILES string of the molecule is CC[C@@H]1O[C@@H](O[C@@H]2[C@H](C)C(O)[C@H](O[Si](c3ccccc3)(c3ccccc3)C(C)(C)C)O[C@H]2C(C)=O)C(N=[N+]=[N-])[C@@H](C)[C@H]1C. The Morgan fingerprint density at radius 1 is 0.953 bits per heavy atom. The highest BCUT2D eigenvalue weighted by Crippen LogP contribution is 2.42. The number of carbonyl (C=O) groups excluding carboxylic acids is 1. The summed E-state index contributed by atoms with van der Waals surface area (Å²) in [6.07, 6.45) is -4.28. The first-order chi connectivity index (χ1) is 20.4. The van der Waals surface area contributed by atoms with Crippen LogP contribution in [0.3, 0.4) is 0 Å². The number of benzene rings is 2. The molecule has 1 N–H and O–H groups in total. The zero-order valence-electron chi connectivity index (χ0n) is 26.6. The van der Waals surface area contributed by atoms with Gasteiger partial charge < -0.3 is 23.7 Å². The summed E-state index contributed by atoms with van der Waals surface area (Å²) in [5.41, 5.74) is 9.32. The fourth-order valence-electron chi connectivity index (χ4n) is 6.73. The molecule has 10 atom stereocenters. The molecule has 2 saturated heterocycles.